The summed E-state index contributed by atoms with van der Waals surface area (Å²) >= 11 is 0. The van der Waals surface area contributed by atoms with E-state index >= 15 is 0 Å². The highest BCUT2D eigenvalue weighted by atomic mass is 16.7. The highest BCUT2D eigenvalue weighted by Crippen LogP contribution is 2.67. The molecule has 1 saturated heterocycles. The van der Waals surface area contributed by atoms with Crippen molar-refractivity contribution in [2.75, 3.05) is 6.61 Å². The van der Waals surface area contributed by atoms with Crippen molar-refractivity contribution in [3.63, 3.8) is 0 Å². The molecule has 14 atom stereocenters. The van der Waals surface area contributed by atoms with Gasteiger partial charge in [0, 0.05) is 6.42 Å². The fourth-order valence-electron chi connectivity index (χ4n) is 12.4. The molecule has 4 fully saturated rings. The molecule has 0 bridgehead atoms. The lowest BCUT2D eigenvalue weighted by molar-refractivity contribution is -0.313. The Morgan fingerprint density at radius 2 is 1.54 bits per heavy atom. The molecule has 3 N–H and O–H groups in total. The number of hydrogen-bond donors (Lipinski definition) is 3. The summed E-state index contributed by atoms with van der Waals surface area (Å²) in [5.74, 6) is 5.15. The van der Waals surface area contributed by atoms with Gasteiger partial charge in [0.2, 0.25) is 0 Å². The van der Waals surface area contributed by atoms with E-state index in [0.29, 0.717) is 17.8 Å². The van der Waals surface area contributed by atoms with Crippen molar-refractivity contribution in [2.24, 2.45) is 52.3 Å². The molecule has 5 aliphatic rings. The third kappa shape index (κ3) is 11.8. The average molecular weight is 799 g/mol. The van der Waals surface area contributed by atoms with Crippen LogP contribution >= 0.6 is 0 Å². The van der Waals surface area contributed by atoms with E-state index in [4.69, 9.17) is 14.2 Å². The number of esters is 1. The van der Waals surface area contributed by atoms with Crippen LogP contribution in [0.25, 0.3) is 0 Å². The van der Waals surface area contributed by atoms with E-state index in [2.05, 4.69) is 66.7 Å². The molecule has 0 spiro atoms. The highest BCUT2D eigenvalue weighted by Gasteiger charge is 2.59. The molecule has 0 aromatic carbocycles. The van der Waals surface area contributed by atoms with Gasteiger partial charge in [-0.1, -0.05) is 124 Å². The number of unbranched alkanes of at least 4 members (excludes halogenated alkanes) is 9. The molecule has 57 heavy (non-hydrogen) atoms. The quantitative estimate of drug-likeness (QED) is 0.0569. The van der Waals surface area contributed by atoms with Gasteiger partial charge in [0.15, 0.2) is 6.29 Å². The van der Waals surface area contributed by atoms with Crippen molar-refractivity contribution in [1.82, 2.24) is 0 Å². The number of aliphatic hydroxyl groups excluding tert-OH is 3. The smallest absolute Gasteiger partial charge is 0.305 e. The maximum absolute atomic E-state index is 12.6. The first-order valence-corrected chi connectivity index (χ1v) is 24.1. The maximum atomic E-state index is 12.6. The van der Waals surface area contributed by atoms with Crippen molar-refractivity contribution in [1.29, 1.82) is 0 Å². The van der Waals surface area contributed by atoms with Crippen LogP contribution in [-0.2, 0) is 19.0 Å². The number of ether oxygens (including phenoxy) is 3. The van der Waals surface area contributed by atoms with Gasteiger partial charge in [-0.15, -0.1) is 0 Å². The van der Waals surface area contributed by atoms with E-state index < -0.39 is 30.7 Å². The van der Waals surface area contributed by atoms with Crippen LogP contribution in [-0.4, -0.2) is 64.7 Å². The number of hydrogen-bond acceptors (Lipinski definition) is 7. The van der Waals surface area contributed by atoms with E-state index in [-0.39, 0.29) is 24.1 Å². The predicted octanol–water partition coefficient (Wildman–Crippen LogP) is 11.3. The summed E-state index contributed by atoms with van der Waals surface area (Å²) < 4.78 is 18.0. The molecule has 0 aromatic heterocycles. The topological polar surface area (TPSA) is 105 Å². The van der Waals surface area contributed by atoms with Crippen LogP contribution < -0.4 is 0 Å². The molecule has 7 heteroatoms. The zero-order chi connectivity index (χ0) is 41.2. The Morgan fingerprint density at radius 1 is 0.842 bits per heavy atom. The van der Waals surface area contributed by atoms with E-state index in [1.165, 1.54) is 82.6 Å². The number of allylic oxidation sites excluding steroid dienone is 3. The summed E-state index contributed by atoms with van der Waals surface area (Å²) in [7, 11) is 0. The molecular formula is C50H86O7. The van der Waals surface area contributed by atoms with Crippen LogP contribution in [0, 0.1) is 52.3 Å². The largest absolute Gasteiger partial charge is 0.463 e. The number of carbonyl (C=O) groups is 1. The Labute approximate surface area is 348 Å². The number of carbonyl (C=O) groups excluding carboxylic acids is 1. The van der Waals surface area contributed by atoms with Gasteiger partial charge in [0.25, 0.3) is 0 Å². The highest BCUT2D eigenvalue weighted by molar-refractivity contribution is 5.69. The number of rotatable bonds is 22. The first-order valence-electron chi connectivity index (χ1n) is 24.1. The molecule has 14 unspecified atom stereocenters. The molecule has 5 rings (SSSR count). The maximum Gasteiger partial charge on any atom is 0.305 e. The Morgan fingerprint density at radius 3 is 2.26 bits per heavy atom. The minimum absolute atomic E-state index is 0.142. The predicted molar refractivity (Wildman–Crippen MR) is 230 cm³/mol. The van der Waals surface area contributed by atoms with Gasteiger partial charge in [-0.3, -0.25) is 4.79 Å². The second-order valence-electron chi connectivity index (χ2n) is 20.6. The summed E-state index contributed by atoms with van der Waals surface area (Å²) in [6.07, 6.45) is 25.9. The first-order chi connectivity index (χ1) is 27.3. The summed E-state index contributed by atoms with van der Waals surface area (Å²) in [5.41, 5.74) is 2.12. The number of fused-ring (bicyclic) bond motifs is 5. The Balaban J connectivity index is 1.04. The van der Waals surface area contributed by atoms with Crippen LogP contribution in [0.3, 0.4) is 0 Å². The fraction of sp³-hybridized carbons (Fsp3) is 0.900. The average Bonchev–Trinajstić information content (AvgIpc) is 3.55. The van der Waals surface area contributed by atoms with Gasteiger partial charge in [-0.25, -0.2) is 0 Å². The molecule has 0 aromatic rings. The second kappa shape index (κ2) is 22.0. The van der Waals surface area contributed by atoms with Gasteiger partial charge in [-0.05, 0) is 136 Å². The van der Waals surface area contributed by atoms with Gasteiger partial charge < -0.3 is 29.5 Å². The van der Waals surface area contributed by atoms with Gasteiger partial charge >= 0.3 is 5.97 Å². The molecule has 0 radical (unpaired) electrons. The lowest BCUT2D eigenvalue weighted by Gasteiger charge is -2.58. The summed E-state index contributed by atoms with van der Waals surface area (Å²) in [6, 6.07) is 0. The summed E-state index contributed by atoms with van der Waals surface area (Å²) in [4.78, 5) is 12.6. The van der Waals surface area contributed by atoms with Crippen molar-refractivity contribution in [3.8, 4) is 0 Å². The van der Waals surface area contributed by atoms with Crippen molar-refractivity contribution in [2.45, 2.75) is 227 Å². The summed E-state index contributed by atoms with van der Waals surface area (Å²) in [5, 5.41) is 32.5. The van der Waals surface area contributed by atoms with E-state index in [1.54, 1.807) is 0 Å². The molecule has 1 aliphatic heterocycles. The SMILES string of the molecule is CCCCCC/C=C\CCCCCCCC(=O)OCC1OC(OC2CCC3(C)C(=CCC4C3CCC3(C)C(C(C)CCC(C)C(C)C)CCC43)C2)C(O)C(O)C1O. The molecule has 0 amide bonds. The fourth-order valence-corrected chi connectivity index (χ4v) is 12.4. The zero-order valence-electron chi connectivity index (χ0n) is 37.5. The molecule has 1 heterocycles. The minimum atomic E-state index is -1.44. The van der Waals surface area contributed by atoms with E-state index in [1.807, 2.05) is 0 Å². The molecular weight excluding hydrogens is 713 g/mol. The lowest BCUT2D eigenvalue weighted by atomic mass is 9.47. The van der Waals surface area contributed by atoms with Crippen molar-refractivity contribution >= 4 is 5.97 Å². The Hall–Kier alpha value is -1.25. The monoisotopic (exact) mass is 799 g/mol. The van der Waals surface area contributed by atoms with Crippen LogP contribution in [0.5, 0.6) is 0 Å². The Kier molecular flexibility index (Phi) is 18.1. The van der Waals surface area contributed by atoms with Crippen molar-refractivity contribution < 1.29 is 34.3 Å². The molecule has 328 valence electrons. The van der Waals surface area contributed by atoms with Crippen LogP contribution in [0.1, 0.15) is 190 Å². The third-order valence-electron chi connectivity index (χ3n) is 16.6. The Bertz CT molecular complexity index is 1280. The third-order valence-corrected chi connectivity index (χ3v) is 16.6. The van der Waals surface area contributed by atoms with Crippen molar-refractivity contribution in [3.05, 3.63) is 23.8 Å². The van der Waals surface area contributed by atoms with Crippen LogP contribution in [0.2, 0.25) is 0 Å². The first kappa shape index (κ1) is 46.8. The van der Waals surface area contributed by atoms with Gasteiger partial charge in [0.05, 0.1) is 6.10 Å². The van der Waals surface area contributed by atoms with Crippen LogP contribution in [0.15, 0.2) is 23.8 Å². The van der Waals surface area contributed by atoms with Gasteiger partial charge in [0.1, 0.15) is 31.0 Å². The minimum Gasteiger partial charge on any atom is -0.463 e. The molecule has 7 nitrogen and oxygen atoms in total. The van der Waals surface area contributed by atoms with Gasteiger partial charge in [-0.2, -0.15) is 0 Å². The van der Waals surface area contributed by atoms with E-state index in [9.17, 15) is 20.1 Å². The standard InChI is InChI=1S/C50H86O7/c1-8-9-10-11-12-13-14-15-16-17-18-19-20-21-44(51)55-33-43-45(52)46(53)47(54)48(57-43)56-38-28-30-49(6)37(32-38)24-25-39-41-27-26-40(50(41,7)31-29-42(39)49)36(5)23-22-35(4)34(2)3/h13-14,24,34-36,38-43,45-48,52-54H,8-12,15-23,25-33H2,1-7H3/b14-13-. The number of aliphatic hydroxyl groups is 3. The molecule has 4 aliphatic carbocycles. The lowest BCUT2D eigenvalue weighted by Crippen LogP contribution is -2.60. The zero-order valence-corrected chi connectivity index (χ0v) is 37.5. The van der Waals surface area contributed by atoms with Crippen LogP contribution in [0.4, 0.5) is 0 Å². The second-order valence-corrected chi connectivity index (χ2v) is 20.6. The summed E-state index contributed by atoms with van der Waals surface area (Å²) in [6.45, 7) is 17.0. The van der Waals surface area contributed by atoms with E-state index in [0.717, 1.165) is 93.3 Å². The molecule has 3 saturated carbocycles. The normalized spacial score (nSPS) is 37.7.